The lowest BCUT2D eigenvalue weighted by Crippen LogP contribution is -2.34. The smallest absolute Gasteiger partial charge is 0.0206 e. The molecule has 2 nitrogen and oxygen atoms in total. The molecule has 0 aliphatic heterocycles. The van der Waals surface area contributed by atoms with E-state index in [-0.39, 0.29) is 6.04 Å². The molecule has 3 N–H and O–H groups in total. The molecular formula is C13H22N2. The second kappa shape index (κ2) is 6.59. The molecule has 84 valence electrons. The summed E-state index contributed by atoms with van der Waals surface area (Å²) in [6.07, 6.45) is 1.09. The zero-order chi connectivity index (χ0) is 11.1. The highest BCUT2D eigenvalue weighted by molar-refractivity contribution is 5.14. The average Bonchev–Trinajstić information content (AvgIpc) is 2.18. The molecule has 15 heavy (non-hydrogen) atoms. The van der Waals surface area contributed by atoms with Crippen molar-refractivity contribution in [1.29, 1.82) is 0 Å². The molecule has 1 atom stereocenters. The minimum absolute atomic E-state index is 0.272. The van der Waals surface area contributed by atoms with Gasteiger partial charge in [0, 0.05) is 19.1 Å². The summed E-state index contributed by atoms with van der Waals surface area (Å²) in [6, 6.07) is 10.7. The van der Waals surface area contributed by atoms with Gasteiger partial charge in [-0.2, -0.15) is 0 Å². The van der Waals surface area contributed by atoms with Crippen LogP contribution in [0.1, 0.15) is 25.8 Å². The first-order valence-corrected chi connectivity index (χ1v) is 5.68. The van der Waals surface area contributed by atoms with Crippen molar-refractivity contribution >= 4 is 0 Å². The summed E-state index contributed by atoms with van der Waals surface area (Å²) in [7, 11) is 0. The summed E-state index contributed by atoms with van der Waals surface area (Å²) < 4.78 is 0. The van der Waals surface area contributed by atoms with Crippen molar-refractivity contribution in [1.82, 2.24) is 5.32 Å². The molecule has 0 unspecified atom stereocenters. The first-order chi connectivity index (χ1) is 7.18. The lowest BCUT2D eigenvalue weighted by atomic mass is 10.0. The van der Waals surface area contributed by atoms with E-state index in [1.165, 1.54) is 5.56 Å². The van der Waals surface area contributed by atoms with E-state index in [4.69, 9.17) is 5.73 Å². The Morgan fingerprint density at radius 1 is 1.20 bits per heavy atom. The maximum Gasteiger partial charge on any atom is 0.0206 e. The average molecular weight is 206 g/mol. The summed E-state index contributed by atoms with van der Waals surface area (Å²) in [5.41, 5.74) is 7.29. The van der Waals surface area contributed by atoms with Gasteiger partial charge in [0.1, 0.15) is 0 Å². The van der Waals surface area contributed by atoms with Gasteiger partial charge < -0.3 is 11.1 Å². The van der Waals surface area contributed by atoms with Crippen LogP contribution in [0.15, 0.2) is 30.3 Å². The van der Waals surface area contributed by atoms with Gasteiger partial charge in [0.25, 0.3) is 0 Å². The van der Waals surface area contributed by atoms with Gasteiger partial charge in [0.15, 0.2) is 0 Å². The van der Waals surface area contributed by atoms with Crippen molar-refractivity contribution < 1.29 is 0 Å². The van der Waals surface area contributed by atoms with Crippen LogP contribution in [0.25, 0.3) is 0 Å². The normalized spacial score (nSPS) is 13.1. The fourth-order valence-corrected chi connectivity index (χ4v) is 1.69. The molecule has 0 aliphatic carbocycles. The van der Waals surface area contributed by atoms with Crippen LogP contribution in [-0.4, -0.2) is 12.6 Å². The van der Waals surface area contributed by atoms with Crippen molar-refractivity contribution in [3.8, 4) is 0 Å². The zero-order valence-corrected chi connectivity index (χ0v) is 9.74. The SMILES string of the molecule is CC(C)C[C@H](N)CNCc1ccccc1. The largest absolute Gasteiger partial charge is 0.327 e. The van der Waals surface area contributed by atoms with Gasteiger partial charge in [-0.1, -0.05) is 44.2 Å². The van der Waals surface area contributed by atoms with Gasteiger partial charge in [-0.25, -0.2) is 0 Å². The molecule has 0 aliphatic rings. The number of nitrogens with one attached hydrogen (secondary N) is 1. The molecule has 0 amide bonds. The molecule has 2 heteroatoms. The van der Waals surface area contributed by atoms with Crippen molar-refractivity contribution in [2.45, 2.75) is 32.9 Å². The first kappa shape index (κ1) is 12.2. The van der Waals surface area contributed by atoms with Crippen LogP contribution in [-0.2, 0) is 6.54 Å². The standard InChI is InChI=1S/C13H22N2/c1-11(2)8-13(14)10-15-9-12-6-4-3-5-7-12/h3-7,11,13,15H,8-10,14H2,1-2H3/t13-/m0/s1. The van der Waals surface area contributed by atoms with Gasteiger partial charge in [-0.3, -0.25) is 0 Å². The van der Waals surface area contributed by atoms with Crippen LogP contribution in [0.2, 0.25) is 0 Å². The third-order valence-corrected chi connectivity index (χ3v) is 2.35. The van der Waals surface area contributed by atoms with Gasteiger partial charge in [-0.15, -0.1) is 0 Å². The Morgan fingerprint density at radius 2 is 1.87 bits per heavy atom. The summed E-state index contributed by atoms with van der Waals surface area (Å²) in [5, 5.41) is 3.38. The Kier molecular flexibility index (Phi) is 5.37. The first-order valence-electron chi connectivity index (χ1n) is 5.68. The van der Waals surface area contributed by atoms with Gasteiger partial charge in [0.05, 0.1) is 0 Å². The summed E-state index contributed by atoms with van der Waals surface area (Å²) in [4.78, 5) is 0. The van der Waals surface area contributed by atoms with E-state index in [0.717, 1.165) is 19.5 Å². The van der Waals surface area contributed by atoms with Crippen molar-refractivity contribution in [3.05, 3.63) is 35.9 Å². The van der Waals surface area contributed by atoms with E-state index in [1.54, 1.807) is 0 Å². The van der Waals surface area contributed by atoms with Crippen LogP contribution in [0.3, 0.4) is 0 Å². The molecule has 0 aromatic heterocycles. The Labute approximate surface area is 92.9 Å². The Hall–Kier alpha value is -0.860. The van der Waals surface area contributed by atoms with Crippen LogP contribution in [0, 0.1) is 5.92 Å². The number of hydrogen-bond donors (Lipinski definition) is 2. The summed E-state index contributed by atoms with van der Waals surface area (Å²) in [6.45, 7) is 6.22. The van der Waals surface area contributed by atoms with Gasteiger partial charge >= 0.3 is 0 Å². The van der Waals surface area contributed by atoms with E-state index in [0.29, 0.717) is 5.92 Å². The minimum atomic E-state index is 0.272. The fourth-order valence-electron chi connectivity index (χ4n) is 1.69. The minimum Gasteiger partial charge on any atom is -0.327 e. The molecular weight excluding hydrogens is 184 g/mol. The molecule has 0 heterocycles. The maximum absolute atomic E-state index is 5.98. The number of nitrogens with two attached hydrogens (primary N) is 1. The Balaban J connectivity index is 2.16. The molecule has 1 rings (SSSR count). The van der Waals surface area contributed by atoms with Crippen molar-refractivity contribution in [3.63, 3.8) is 0 Å². The molecule has 0 radical (unpaired) electrons. The zero-order valence-electron chi connectivity index (χ0n) is 9.74. The molecule has 0 fully saturated rings. The highest BCUT2D eigenvalue weighted by Gasteiger charge is 2.04. The van der Waals surface area contributed by atoms with Crippen molar-refractivity contribution in [2.24, 2.45) is 11.7 Å². The second-order valence-electron chi connectivity index (χ2n) is 4.51. The van der Waals surface area contributed by atoms with Crippen LogP contribution in [0.5, 0.6) is 0 Å². The van der Waals surface area contributed by atoms with E-state index in [2.05, 4.69) is 43.4 Å². The molecule has 0 bridgehead atoms. The summed E-state index contributed by atoms with van der Waals surface area (Å²) in [5.74, 6) is 0.679. The quantitative estimate of drug-likeness (QED) is 0.748. The van der Waals surface area contributed by atoms with E-state index in [1.807, 2.05) is 6.07 Å². The monoisotopic (exact) mass is 206 g/mol. The number of hydrogen-bond acceptors (Lipinski definition) is 2. The lowest BCUT2D eigenvalue weighted by molar-refractivity contribution is 0.467. The fraction of sp³-hybridized carbons (Fsp3) is 0.538. The topological polar surface area (TPSA) is 38.0 Å². The van der Waals surface area contributed by atoms with Crippen LogP contribution >= 0.6 is 0 Å². The van der Waals surface area contributed by atoms with E-state index >= 15 is 0 Å². The third-order valence-electron chi connectivity index (χ3n) is 2.35. The van der Waals surface area contributed by atoms with Crippen molar-refractivity contribution in [2.75, 3.05) is 6.54 Å². The van der Waals surface area contributed by atoms with Crippen LogP contribution < -0.4 is 11.1 Å². The van der Waals surface area contributed by atoms with Gasteiger partial charge in [-0.05, 0) is 17.9 Å². The maximum atomic E-state index is 5.98. The summed E-state index contributed by atoms with van der Waals surface area (Å²) >= 11 is 0. The molecule has 0 spiro atoms. The highest BCUT2D eigenvalue weighted by atomic mass is 14.9. The number of benzene rings is 1. The predicted molar refractivity (Wildman–Crippen MR) is 65.6 cm³/mol. The lowest BCUT2D eigenvalue weighted by Gasteiger charge is -2.14. The molecule has 0 saturated carbocycles. The van der Waals surface area contributed by atoms with Gasteiger partial charge in [0.2, 0.25) is 0 Å². The predicted octanol–water partition coefficient (Wildman–Crippen LogP) is 2.15. The Morgan fingerprint density at radius 3 is 2.47 bits per heavy atom. The molecule has 1 aromatic carbocycles. The molecule has 0 saturated heterocycles. The van der Waals surface area contributed by atoms with Crippen LogP contribution in [0.4, 0.5) is 0 Å². The third kappa shape index (κ3) is 5.55. The highest BCUT2D eigenvalue weighted by Crippen LogP contribution is 2.02. The Bertz CT molecular complexity index is 256. The van der Waals surface area contributed by atoms with E-state index in [9.17, 15) is 0 Å². The second-order valence-corrected chi connectivity index (χ2v) is 4.51. The number of rotatable bonds is 6. The molecule has 1 aromatic rings. The van der Waals surface area contributed by atoms with E-state index < -0.39 is 0 Å².